The van der Waals surface area contributed by atoms with Gasteiger partial charge in [0, 0.05) is 40.8 Å². The van der Waals surface area contributed by atoms with Crippen LogP contribution in [0, 0.1) is 20.2 Å². The largest absolute Gasteiger partial charge is 0.269 e. The smallest absolute Gasteiger partial charge is 0.258 e. The molecule has 0 aliphatic carbocycles. The van der Waals surface area contributed by atoms with E-state index in [4.69, 9.17) is 0 Å². The molecular weight excluding hydrogens is 484 g/mol. The zero-order valence-electron chi connectivity index (χ0n) is 18.4. The molecule has 12 nitrogen and oxygen atoms in total. The van der Waals surface area contributed by atoms with Gasteiger partial charge in [0.25, 0.3) is 11.4 Å². The highest BCUT2D eigenvalue weighted by Crippen LogP contribution is 2.26. The summed E-state index contributed by atoms with van der Waals surface area (Å²) in [6, 6.07) is 19.7. The fourth-order valence-electron chi connectivity index (χ4n) is 3.47. The van der Waals surface area contributed by atoms with E-state index in [9.17, 15) is 20.2 Å². The molecule has 0 aliphatic heterocycles. The number of anilines is 1. The van der Waals surface area contributed by atoms with E-state index in [0.29, 0.717) is 22.1 Å². The van der Waals surface area contributed by atoms with Gasteiger partial charge in [0.15, 0.2) is 0 Å². The molecule has 2 aromatic heterocycles. The Morgan fingerprint density at radius 1 is 0.944 bits per heavy atom. The zero-order valence-corrected chi connectivity index (χ0v) is 19.2. The fraction of sp³-hybridized carbons (Fsp3) is 0.0435. The van der Waals surface area contributed by atoms with E-state index in [1.807, 2.05) is 29.6 Å². The summed E-state index contributed by atoms with van der Waals surface area (Å²) in [5.41, 5.74) is 7.10. The van der Waals surface area contributed by atoms with E-state index in [2.05, 4.69) is 25.8 Å². The van der Waals surface area contributed by atoms with Crippen molar-refractivity contribution >= 4 is 44.6 Å². The maximum atomic E-state index is 11.1. The minimum absolute atomic E-state index is 0.00491. The van der Waals surface area contributed by atoms with Crippen molar-refractivity contribution in [3.05, 3.63) is 104 Å². The Labute approximate surface area is 206 Å². The quantitative estimate of drug-likeness (QED) is 0.179. The third kappa shape index (κ3) is 4.76. The number of hydrogen-bond donors (Lipinski definition) is 1. The molecule has 0 unspecified atom stereocenters. The van der Waals surface area contributed by atoms with Crippen LogP contribution in [0.25, 0.3) is 22.3 Å². The summed E-state index contributed by atoms with van der Waals surface area (Å²) in [5.74, 6) is 0. The number of nitrogens with zero attached hydrogens (tertiary/aromatic N) is 7. The van der Waals surface area contributed by atoms with Crippen molar-refractivity contribution in [2.24, 2.45) is 5.10 Å². The molecule has 0 saturated carbocycles. The topological polar surface area (TPSA) is 154 Å². The maximum Gasteiger partial charge on any atom is 0.269 e. The number of hydrogen-bond acceptors (Lipinski definition) is 10. The summed E-state index contributed by atoms with van der Waals surface area (Å²) < 4.78 is 1.70. The SMILES string of the molecule is O=[N+]([O-])c1ccc(/C(Cn2nnc3ccccc32)=N\Nc2nc(-c3ccc([N+](=O)[O-])cc3)cs2)cc1. The third-order valence-corrected chi connectivity index (χ3v) is 6.04. The van der Waals surface area contributed by atoms with E-state index >= 15 is 0 Å². The molecule has 1 N–H and O–H groups in total. The number of nitro benzene ring substituents is 2. The van der Waals surface area contributed by atoms with Gasteiger partial charge >= 0.3 is 0 Å². The number of aromatic nitrogens is 4. The zero-order chi connectivity index (χ0) is 25.1. The van der Waals surface area contributed by atoms with Crippen molar-refractivity contribution in [2.75, 3.05) is 5.43 Å². The van der Waals surface area contributed by atoms with Crippen LogP contribution in [0.1, 0.15) is 5.56 Å². The molecule has 5 rings (SSSR count). The first-order valence-corrected chi connectivity index (χ1v) is 11.4. The van der Waals surface area contributed by atoms with Crippen LogP contribution in [0.15, 0.2) is 83.3 Å². The van der Waals surface area contributed by atoms with Crippen LogP contribution in [-0.2, 0) is 6.54 Å². The first kappa shape index (κ1) is 22.7. The number of nitrogens with one attached hydrogen (secondary N) is 1. The average Bonchev–Trinajstić information content (AvgIpc) is 3.54. The number of fused-ring (bicyclic) bond motifs is 1. The van der Waals surface area contributed by atoms with Gasteiger partial charge in [-0.05, 0) is 36.4 Å². The summed E-state index contributed by atoms with van der Waals surface area (Å²) in [4.78, 5) is 25.5. The van der Waals surface area contributed by atoms with Crippen LogP contribution >= 0.6 is 11.3 Å². The van der Waals surface area contributed by atoms with Crippen LogP contribution in [0.3, 0.4) is 0 Å². The van der Waals surface area contributed by atoms with Gasteiger partial charge in [-0.3, -0.25) is 25.7 Å². The van der Waals surface area contributed by atoms with Crippen LogP contribution in [0.2, 0.25) is 0 Å². The minimum atomic E-state index is -0.459. The highest BCUT2D eigenvalue weighted by atomic mass is 32.1. The Bertz CT molecular complexity index is 1590. The van der Waals surface area contributed by atoms with Gasteiger partial charge in [0.05, 0.1) is 33.3 Å². The number of hydrazone groups is 1. The second kappa shape index (κ2) is 9.68. The number of benzene rings is 3. The molecule has 0 aliphatic rings. The van der Waals surface area contributed by atoms with E-state index in [1.165, 1.54) is 35.6 Å². The number of para-hydroxylation sites is 1. The summed E-state index contributed by atoms with van der Waals surface area (Å²) in [6.45, 7) is 0.256. The summed E-state index contributed by atoms with van der Waals surface area (Å²) in [5, 5.41) is 37.2. The maximum absolute atomic E-state index is 11.1. The number of nitro groups is 2. The molecular formula is C23H16N8O4S. The van der Waals surface area contributed by atoms with E-state index < -0.39 is 9.85 Å². The molecule has 0 saturated heterocycles. The molecule has 178 valence electrons. The third-order valence-electron chi connectivity index (χ3n) is 5.30. The molecule has 0 bridgehead atoms. The van der Waals surface area contributed by atoms with Gasteiger partial charge in [0.1, 0.15) is 5.52 Å². The van der Waals surface area contributed by atoms with Crippen molar-refractivity contribution in [3.63, 3.8) is 0 Å². The molecule has 36 heavy (non-hydrogen) atoms. The van der Waals surface area contributed by atoms with E-state index in [-0.39, 0.29) is 17.9 Å². The lowest BCUT2D eigenvalue weighted by atomic mass is 10.1. The molecule has 0 spiro atoms. The molecule has 0 atom stereocenters. The van der Waals surface area contributed by atoms with Gasteiger partial charge in [-0.2, -0.15) is 5.10 Å². The normalized spacial score (nSPS) is 11.5. The number of rotatable bonds is 8. The molecule has 0 amide bonds. The van der Waals surface area contributed by atoms with Crippen molar-refractivity contribution < 1.29 is 9.85 Å². The highest BCUT2D eigenvalue weighted by Gasteiger charge is 2.13. The van der Waals surface area contributed by atoms with Gasteiger partial charge in [0.2, 0.25) is 5.13 Å². The van der Waals surface area contributed by atoms with Gasteiger partial charge < -0.3 is 0 Å². The van der Waals surface area contributed by atoms with Crippen LogP contribution < -0.4 is 5.43 Å². The first-order chi connectivity index (χ1) is 17.5. The predicted octanol–water partition coefficient (Wildman–Crippen LogP) is 4.89. The second-order valence-electron chi connectivity index (χ2n) is 7.55. The van der Waals surface area contributed by atoms with Crippen molar-refractivity contribution in [1.82, 2.24) is 20.0 Å². The van der Waals surface area contributed by atoms with E-state index in [1.54, 1.807) is 28.9 Å². The second-order valence-corrected chi connectivity index (χ2v) is 8.41. The minimum Gasteiger partial charge on any atom is -0.258 e. The van der Waals surface area contributed by atoms with Crippen LogP contribution in [0.5, 0.6) is 0 Å². The van der Waals surface area contributed by atoms with Crippen molar-refractivity contribution in [1.29, 1.82) is 0 Å². The van der Waals surface area contributed by atoms with Gasteiger partial charge in [-0.15, -0.1) is 16.4 Å². The average molecular weight is 501 g/mol. The Hall–Kier alpha value is -5.04. The molecule has 13 heteroatoms. The Morgan fingerprint density at radius 2 is 1.61 bits per heavy atom. The molecule has 0 radical (unpaired) electrons. The lowest BCUT2D eigenvalue weighted by Gasteiger charge is -2.08. The van der Waals surface area contributed by atoms with Crippen molar-refractivity contribution in [2.45, 2.75) is 6.54 Å². The summed E-state index contributed by atoms with van der Waals surface area (Å²) >= 11 is 1.32. The fourth-order valence-corrected chi connectivity index (χ4v) is 4.13. The van der Waals surface area contributed by atoms with Gasteiger partial charge in [-0.25, -0.2) is 9.67 Å². The van der Waals surface area contributed by atoms with E-state index in [0.717, 1.165) is 16.6 Å². The van der Waals surface area contributed by atoms with Crippen LogP contribution in [0.4, 0.5) is 16.5 Å². The van der Waals surface area contributed by atoms with Gasteiger partial charge in [-0.1, -0.05) is 17.3 Å². The highest BCUT2D eigenvalue weighted by molar-refractivity contribution is 7.14. The number of non-ortho nitro benzene ring substituents is 2. The lowest BCUT2D eigenvalue weighted by Crippen LogP contribution is -2.15. The summed E-state index contributed by atoms with van der Waals surface area (Å²) in [6.07, 6.45) is 0. The van der Waals surface area contributed by atoms with Crippen molar-refractivity contribution in [3.8, 4) is 11.3 Å². The lowest BCUT2D eigenvalue weighted by molar-refractivity contribution is -0.385. The molecule has 2 heterocycles. The van der Waals surface area contributed by atoms with Crippen LogP contribution in [-0.4, -0.2) is 35.5 Å². The molecule has 0 fully saturated rings. The first-order valence-electron chi connectivity index (χ1n) is 10.5. The molecule has 3 aromatic carbocycles. The Balaban J connectivity index is 1.43. The monoisotopic (exact) mass is 500 g/mol. The molecule has 5 aromatic rings. The summed E-state index contributed by atoms with van der Waals surface area (Å²) in [7, 11) is 0. The Morgan fingerprint density at radius 3 is 2.31 bits per heavy atom. The Kier molecular flexibility index (Phi) is 6.11. The standard InChI is InChI=1S/C23H16N8O4S/c32-30(33)17-9-5-15(6-10-17)20(13-29-22-4-2-1-3-19(22)26-28-29)25-27-23-24-21(14-36-23)16-7-11-18(12-8-16)31(34)35/h1-12,14H,13H2,(H,24,27)/b25-20-. The number of thiazole rings is 1. The predicted molar refractivity (Wildman–Crippen MR) is 135 cm³/mol.